The van der Waals surface area contributed by atoms with E-state index in [0.717, 1.165) is 24.0 Å². The molecule has 2 aromatic rings. The highest BCUT2D eigenvalue weighted by atomic mass is 79.9. The van der Waals surface area contributed by atoms with Crippen LogP contribution in [0, 0.1) is 11.3 Å². The third-order valence-corrected chi connectivity index (χ3v) is 7.40. The molecule has 2 aliphatic carbocycles. The number of rotatable bonds is 6. The lowest BCUT2D eigenvalue weighted by atomic mass is 9.77. The van der Waals surface area contributed by atoms with Gasteiger partial charge in [0.2, 0.25) is 0 Å². The summed E-state index contributed by atoms with van der Waals surface area (Å²) < 4.78 is 0.470. The zero-order chi connectivity index (χ0) is 19.9. The summed E-state index contributed by atoms with van der Waals surface area (Å²) in [6.07, 6.45) is 4.09. The van der Waals surface area contributed by atoms with E-state index < -0.39 is 10.8 Å². The Labute approximate surface area is 174 Å². The fourth-order valence-corrected chi connectivity index (χ4v) is 5.83. The number of carbonyl (C=O) groups excluding carboxylic acids is 2. The van der Waals surface area contributed by atoms with Gasteiger partial charge in [0.05, 0.1) is 15.8 Å². The summed E-state index contributed by atoms with van der Waals surface area (Å²) in [6.45, 7) is 5.73. The lowest BCUT2D eigenvalue weighted by Crippen LogP contribution is -2.29. The van der Waals surface area contributed by atoms with Gasteiger partial charge >= 0.3 is 0 Å². The zero-order valence-electron chi connectivity index (χ0n) is 16.0. The predicted molar refractivity (Wildman–Crippen MR) is 115 cm³/mol. The second-order valence-electron chi connectivity index (χ2n) is 7.84. The zero-order valence-corrected chi connectivity index (χ0v) is 17.5. The normalized spacial score (nSPS) is 25.4. The van der Waals surface area contributed by atoms with Crippen LogP contribution in [-0.2, 0) is 15.0 Å². The number of Topliss-reactive ketones (excluding diaryl/α,β-unsaturated/α-hetero) is 2. The average Bonchev–Trinajstić information content (AvgIpc) is 3.33. The van der Waals surface area contributed by atoms with Crippen molar-refractivity contribution in [3.05, 3.63) is 94.5 Å². The first kappa shape index (κ1) is 19.1. The molecule has 0 N–H and O–H groups in total. The fourth-order valence-electron chi connectivity index (χ4n) is 5.22. The van der Waals surface area contributed by atoms with E-state index in [4.69, 9.17) is 0 Å². The molecule has 2 atom stereocenters. The van der Waals surface area contributed by atoms with Gasteiger partial charge < -0.3 is 0 Å². The highest BCUT2D eigenvalue weighted by Crippen LogP contribution is 2.76. The maximum absolute atomic E-state index is 13.7. The molecule has 3 heteroatoms. The Balaban J connectivity index is 1.88. The number of hydrogen-bond acceptors (Lipinski definition) is 2. The molecule has 0 amide bonds. The van der Waals surface area contributed by atoms with Crippen molar-refractivity contribution >= 4 is 27.5 Å². The van der Waals surface area contributed by atoms with Gasteiger partial charge in [0.1, 0.15) is 0 Å². The van der Waals surface area contributed by atoms with E-state index in [9.17, 15) is 9.59 Å². The van der Waals surface area contributed by atoms with E-state index >= 15 is 0 Å². The molecular formula is C25H23BrO2. The smallest absolute Gasteiger partial charge is 0.175 e. The van der Waals surface area contributed by atoms with Crippen molar-refractivity contribution in [1.82, 2.24) is 0 Å². The quantitative estimate of drug-likeness (QED) is 0.427. The number of unbranched alkanes of at least 4 members (excludes halogenated alkanes) is 1. The van der Waals surface area contributed by atoms with Gasteiger partial charge in [-0.3, -0.25) is 9.59 Å². The van der Waals surface area contributed by atoms with Crippen LogP contribution in [0.3, 0.4) is 0 Å². The van der Waals surface area contributed by atoms with Crippen LogP contribution >= 0.6 is 15.9 Å². The van der Waals surface area contributed by atoms with Gasteiger partial charge in [0, 0.05) is 11.0 Å². The van der Waals surface area contributed by atoms with Crippen molar-refractivity contribution in [2.24, 2.45) is 11.3 Å². The summed E-state index contributed by atoms with van der Waals surface area (Å²) in [5.41, 5.74) is 1.32. The molecule has 0 aromatic heterocycles. The summed E-state index contributed by atoms with van der Waals surface area (Å²) in [5, 5.41) is 0. The predicted octanol–water partition coefficient (Wildman–Crippen LogP) is 5.77. The summed E-state index contributed by atoms with van der Waals surface area (Å²) in [4.78, 5) is 27.2. The molecule has 0 heterocycles. The summed E-state index contributed by atoms with van der Waals surface area (Å²) >= 11 is 3.48. The van der Waals surface area contributed by atoms with Gasteiger partial charge in [-0.05, 0) is 46.3 Å². The van der Waals surface area contributed by atoms with Crippen LogP contribution in [-0.4, -0.2) is 11.6 Å². The minimum Gasteiger partial charge on any atom is -0.294 e. The highest BCUT2D eigenvalue weighted by molar-refractivity contribution is 9.12. The van der Waals surface area contributed by atoms with Crippen molar-refractivity contribution < 1.29 is 9.59 Å². The standard InChI is InChI=1S/C25H23BrO2/c1-3-4-7-16-19-20(26)21(27)22-24(2,23(19)28)25(22,17-12-8-5-9-13-17)18-14-10-6-11-15-18/h3,5-6,8-15,22H,1,4,7,16H2,2H3. The molecule has 4 rings (SSSR count). The molecule has 2 aromatic carbocycles. The number of benzene rings is 2. The summed E-state index contributed by atoms with van der Waals surface area (Å²) in [7, 11) is 0. The van der Waals surface area contributed by atoms with E-state index in [-0.39, 0.29) is 17.5 Å². The molecule has 28 heavy (non-hydrogen) atoms. The Morgan fingerprint density at radius 3 is 2.04 bits per heavy atom. The lowest BCUT2D eigenvalue weighted by Gasteiger charge is -2.24. The second kappa shape index (κ2) is 6.97. The van der Waals surface area contributed by atoms with E-state index in [1.807, 2.05) is 73.7 Å². The van der Waals surface area contributed by atoms with Crippen LogP contribution in [0.1, 0.15) is 37.3 Å². The first-order valence-corrected chi connectivity index (χ1v) is 10.5. The molecule has 142 valence electrons. The Bertz CT molecular complexity index is 935. The van der Waals surface area contributed by atoms with E-state index in [0.29, 0.717) is 16.5 Å². The van der Waals surface area contributed by atoms with Crippen molar-refractivity contribution in [3.8, 4) is 0 Å². The van der Waals surface area contributed by atoms with Crippen LogP contribution < -0.4 is 0 Å². The molecule has 0 saturated heterocycles. The highest BCUT2D eigenvalue weighted by Gasteiger charge is 2.82. The molecule has 2 nitrogen and oxygen atoms in total. The van der Waals surface area contributed by atoms with Crippen molar-refractivity contribution in [1.29, 1.82) is 0 Å². The molecule has 0 spiro atoms. The first-order chi connectivity index (χ1) is 13.5. The second-order valence-corrected chi connectivity index (χ2v) is 8.64. The molecule has 2 aliphatic rings. The number of hydrogen-bond donors (Lipinski definition) is 0. The minimum absolute atomic E-state index is 0.0448. The Kier molecular flexibility index (Phi) is 4.75. The monoisotopic (exact) mass is 434 g/mol. The minimum atomic E-state index is -0.756. The van der Waals surface area contributed by atoms with Crippen molar-refractivity contribution in [3.63, 3.8) is 0 Å². The topological polar surface area (TPSA) is 34.1 Å². The molecule has 2 unspecified atom stereocenters. The molecule has 0 radical (unpaired) electrons. The number of carbonyl (C=O) groups is 2. The van der Waals surface area contributed by atoms with Gasteiger partial charge in [0.25, 0.3) is 0 Å². The summed E-state index contributed by atoms with van der Waals surface area (Å²) in [5.74, 6) is -0.237. The third kappa shape index (κ3) is 2.39. The molecule has 1 fully saturated rings. The summed E-state index contributed by atoms with van der Waals surface area (Å²) in [6, 6.07) is 20.0. The average molecular weight is 435 g/mol. The molecular weight excluding hydrogens is 412 g/mol. The number of ketones is 2. The Hall–Kier alpha value is -2.26. The van der Waals surface area contributed by atoms with Crippen LogP contribution in [0.2, 0.25) is 0 Å². The van der Waals surface area contributed by atoms with Gasteiger partial charge in [0.15, 0.2) is 11.6 Å². The maximum Gasteiger partial charge on any atom is 0.175 e. The largest absolute Gasteiger partial charge is 0.294 e. The fraction of sp³-hybridized carbons (Fsp3) is 0.280. The van der Waals surface area contributed by atoms with Crippen molar-refractivity contribution in [2.45, 2.75) is 31.6 Å². The van der Waals surface area contributed by atoms with Crippen LogP contribution in [0.4, 0.5) is 0 Å². The Morgan fingerprint density at radius 2 is 1.54 bits per heavy atom. The lowest BCUT2D eigenvalue weighted by molar-refractivity contribution is -0.125. The van der Waals surface area contributed by atoms with Crippen molar-refractivity contribution in [2.75, 3.05) is 0 Å². The SMILES string of the molecule is C=CCCCC1=C(Br)C(=O)C2C(C)(C1=O)C2(c1ccccc1)c1ccccc1. The van der Waals surface area contributed by atoms with Gasteiger partial charge in [-0.15, -0.1) is 6.58 Å². The number of halogens is 1. The Morgan fingerprint density at radius 1 is 1.00 bits per heavy atom. The number of fused-ring (bicyclic) bond motifs is 1. The van der Waals surface area contributed by atoms with Gasteiger partial charge in [-0.1, -0.05) is 73.7 Å². The maximum atomic E-state index is 13.7. The van der Waals surface area contributed by atoms with Crippen LogP contribution in [0.5, 0.6) is 0 Å². The van der Waals surface area contributed by atoms with Gasteiger partial charge in [-0.25, -0.2) is 0 Å². The van der Waals surface area contributed by atoms with Gasteiger partial charge in [-0.2, -0.15) is 0 Å². The van der Waals surface area contributed by atoms with E-state index in [1.54, 1.807) is 0 Å². The van der Waals surface area contributed by atoms with Crippen LogP contribution in [0.25, 0.3) is 0 Å². The molecule has 0 bridgehead atoms. The molecule has 1 saturated carbocycles. The first-order valence-electron chi connectivity index (χ1n) is 9.70. The molecule has 0 aliphatic heterocycles. The number of allylic oxidation sites excluding steroid dienone is 3. The van der Waals surface area contributed by atoms with Crippen LogP contribution in [0.15, 0.2) is 83.4 Å². The van der Waals surface area contributed by atoms with E-state index in [2.05, 4.69) is 22.5 Å². The van der Waals surface area contributed by atoms with E-state index in [1.165, 1.54) is 0 Å². The third-order valence-electron chi connectivity index (χ3n) is 6.53.